The van der Waals surface area contributed by atoms with Gasteiger partial charge in [0.2, 0.25) is 0 Å². The van der Waals surface area contributed by atoms with E-state index in [1.165, 1.54) is 0 Å². The topological polar surface area (TPSA) is 55.1 Å². The van der Waals surface area contributed by atoms with E-state index in [4.69, 9.17) is 17.3 Å². The molecule has 0 aliphatic heterocycles. The van der Waals surface area contributed by atoms with Gasteiger partial charge in [0.25, 0.3) is 5.91 Å². The average Bonchev–Trinajstić information content (AvgIpc) is 2.88. The quantitative estimate of drug-likeness (QED) is 0.841. The molecule has 1 aromatic heterocycles. The Kier molecular flexibility index (Phi) is 4.45. The van der Waals surface area contributed by atoms with Crippen LogP contribution in [-0.2, 0) is 0 Å². The third kappa shape index (κ3) is 3.49. The first kappa shape index (κ1) is 13.9. The molecule has 19 heavy (non-hydrogen) atoms. The Labute approximate surface area is 121 Å². The second kappa shape index (κ2) is 6.08. The molecule has 0 fully saturated rings. The smallest absolute Gasteiger partial charge is 0.251 e. The van der Waals surface area contributed by atoms with E-state index in [1.54, 1.807) is 29.5 Å². The summed E-state index contributed by atoms with van der Waals surface area (Å²) < 4.78 is 0. The van der Waals surface area contributed by atoms with Gasteiger partial charge in [-0.25, -0.2) is 0 Å². The molecule has 0 saturated carbocycles. The highest BCUT2D eigenvalue weighted by atomic mass is 35.5. The summed E-state index contributed by atoms with van der Waals surface area (Å²) in [5, 5.41) is 5.47. The van der Waals surface area contributed by atoms with Crippen molar-refractivity contribution >= 4 is 34.5 Å². The molecule has 2 rings (SSSR count). The van der Waals surface area contributed by atoms with Crippen LogP contribution in [0.3, 0.4) is 0 Å². The monoisotopic (exact) mass is 294 g/mol. The normalized spacial score (nSPS) is 12.1. The van der Waals surface area contributed by atoms with Crippen LogP contribution < -0.4 is 11.1 Å². The van der Waals surface area contributed by atoms with Crippen molar-refractivity contribution in [3.8, 4) is 0 Å². The zero-order chi connectivity index (χ0) is 13.8. The van der Waals surface area contributed by atoms with Crippen molar-refractivity contribution in [1.29, 1.82) is 0 Å². The van der Waals surface area contributed by atoms with E-state index >= 15 is 0 Å². The molecule has 1 amide bonds. The van der Waals surface area contributed by atoms with E-state index < -0.39 is 0 Å². The second-order valence-corrected chi connectivity index (χ2v) is 5.64. The summed E-state index contributed by atoms with van der Waals surface area (Å²) in [6, 6.07) is 8.89. The van der Waals surface area contributed by atoms with Crippen LogP contribution in [0.25, 0.3) is 0 Å². The second-order valence-electron chi connectivity index (χ2n) is 4.22. The summed E-state index contributed by atoms with van der Waals surface area (Å²) in [6.45, 7) is 2.04. The fourth-order valence-corrected chi connectivity index (χ4v) is 2.95. The molecular weight excluding hydrogens is 280 g/mol. The van der Waals surface area contributed by atoms with E-state index in [0.717, 1.165) is 11.3 Å². The molecule has 0 bridgehead atoms. The third-order valence-corrected chi connectivity index (χ3v) is 3.99. The standard InChI is InChI=1S/C14H15ClN2OS/c1-2-12(13-4-3-5-19-13)17-14(18)9-6-10(15)8-11(16)7-9/h3-8,12H,2,16H2,1H3,(H,17,18). The van der Waals surface area contributed by atoms with Crippen molar-refractivity contribution in [2.75, 3.05) is 5.73 Å². The van der Waals surface area contributed by atoms with E-state index in [2.05, 4.69) is 5.32 Å². The van der Waals surface area contributed by atoms with E-state index in [9.17, 15) is 4.79 Å². The number of anilines is 1. The summed E-state index contributed by atoms with van der Waals surface area (Å²) in [6.07, 6.45) is 0.836. The minimum Gasteiger partial charge on any atom is -0.399 e. The van der Waals surface area contributed by atoms with Gasteiger partial charge in [-0.15, -0.1) is 11.3 Å². The van der Waals surface area contributed by atoms with Crippen LogP contribution in [0.15, 0.2) is 35.7 Å². The lowest BCUT2D eigenvalue weighted by atomic mass is 10.1. The first-order valence-corrected chi connectivity index (χ1v) is 7.26. The lowest BCUT2D eigenvalue weighted by molar-refractivity contribution is 0.0936. The predicted octanol–water partition coefficient (Wildman–Crippen LogP) is 3.86. The molecule has 0 aliphatic carbocycles. The van der Waals surface area contributed by atoms with Gasteiger partial charge in [0.1, 0.15) is 0 Å². The van der Waals surface area contributed by atoms with Gasteiger partial charge in [0, 0.05) is 21.2 Å². The lowest BCUT2D eigenvalue weighted by Crippen LogP contribution is -2.27. The molecule has 0 saturated heterocycles. The molecule has 1 unspecified atom stereocenters. The van der Waals surface area contributed by atoms with Crippen LogP contribution >= 0.6 is 22.9 Å². The summed E-state index contributed by atoms with van der Waals surface area (Å²) in [5.41, 5.74) is 6.67. The summed E-state index contributed by atoms with van der Waals surface area (Å²) in [7, 11) is 0. The van der Waals surface area contributed by atoms with Gasteiger partial charge in [-0.2, -0.15) is 0 Å². The molecule has 5 heteroatoms. The van der Waals surface area contributed by atoms with Crippen molar-refractivity contribution in [1.82, 2.24) is 5.32 Å². The van der Waals surface area contributed by atoms with E-state index in [1.807, 2.05) is 24.4 Å². The Balaban J connectivity index is 2.15. The maximum absolute atomic E-state index is 12.2. The summed E-state index contributed by atoms with van der Waals surface area (Å²) >= 11 is 7.54. The number of nitrogen functional groups attached to an aromatic ring is 1. The molecule has 1 atom stereocenters. The van der Waals surface area contributed by atoms with Crippen LogP contribution in [-0.4, -0.2) is 5.91 Å². The highest BCUT2D eigenvalue weighted by Gasteiger charge is 2.15. The van der Waals surface area contributed by atoms with Gasteiger partial charge in [-0.3, -0.25) is 4.79 Å². The number of thiophene rings is 1. The summed E-state index contributed by atoms with van der Waals surface area (Å²) in [5.74, 6) is -0.158. The van der Waals surface area contributed by atoms with Crippen LogP contribution in [0.1, 0.15) is 34.6 Å². The first-order chi connectivity index (χ1) is 9.10. The van der Waals surface area contributed by atoms with Gasteiger partial charge in [0.15, 0.2) is 0 Å². The van der Waals surface area contributed by atoms with E-state index in [0.29, 0.717) is 16.3 Å². The molecule has 0 radical (unpaired) electrons. The highest BCUT2D eigenvalue weighted by Crippen LogP contribution is 2.23. The van der Waals surface area contributed by atoms with Crippen molar-refractivity contribution in [3.05, 3.63) is 51.2 Å². The molecule has 1 aromatic carbocycles. The number of rotatable bonds is 4. The number of halogens is 1. The van der Waals surface area contributed by atoms with Crippen molar-refractivity contribution in [2.24, 2.45) is 0 Å². The molecule has 100 valence electrons. The van der Waals surface area contributed by atoms with Gasteiger partial charge in [-0.1, -0.05) is 24.6 Å². The number of carbonyl (C=O) groups is 1. The molecule has 3 N–H and O–H groups in total. The fourth-order valence-electron chi connectivity index (χ4n) is 1.85. The lowest BCUT2D eigenvalue weighted by Gasteiger charge is -2.15. The highest BCUT2D eigenvalue weighted by molar-refractivity contribution is 7.10. The number of nitrogens with two attached hydrogens (primary N) is 1. The Morgan fingerprint density at radius 3 is 2.84 bits per heavy atom. The number of amides is 1. The molecule has 1 heterocycles. The van der Waals surface area contributed by atoms with Crippen LogP contribution in [0.4, 0.5) is 5.69 Å². The maximum Gasteiger partial charge on any atom is 0.251 e. The average molecular weight is 295 g/mol. The van der Waals surface area contributed by atoms with Gasteiger partial charge < -0.3 is 11.1 Å². The van der Waals surface area contributed by atoms with E-state index in [-0.39, 0.29) is 11.9 Å². The van der Waals surface area contributed by atoms with Gasteiger partial charge in [-0.05, 0) is 36.1 Å². The maximum atomic E-state index is 12.2. The van der Waals surface area contributed by atoms with Crippen LogP contribution in [0.5, 0.6) is 0 Å². The summed E-state index contributed by atoms with van der Waals surface area (Å²) in [4.78, 5) is 13.3. The molecular formula is C14H15ClN2OS. The first-order valence-electron chi connectivity index (χ1n) is 6.00. The van der Waals surface area contributed by atoms with Crippen molar-refractivity contribution in [3.63, 3.8) is 0 Å². The Hall–Kier alpha value is -1.52. The zero-order valence-corrected chi connectivity index (χ0v) is 12.1. The molecule has 3 nitrogen and oxygen atoms in total. The molecule has 2 aromatic rings. The number of hydrogen-bond donors (Lipinski definition) is 2. The third-order valence-electron chi connectivity index (χ3n) is 2.78. The van der Waals surface area contributed by atoms with Crippen LogP contribution in [0, 0.1) is 0 Å². The minimum atomic E-state index is -0.158. The van der Waals surface area contributed by atoms with Crippen molar-refractivity contribution in [2.45, 2.75) is 19.4 Å². The van der Waals surface area contributed by atoms with Gasteiger partial charge >= 0.3 is 0 Å². The zero-order valence-electron chi connectivity index (χ0n) is 10.5. The van der Waals surface area contributed by atoms with Crippen LogP contribution in [0.2, 0.25) is 5.02 Å². The number of benzene rings is 1. The molecule has 0 aliphatic rings. The largest absolute Gasteiger partial charge is 0.399 e. The number of nitrogens with one attached hydrogen (secondary N) is 1. The predicted molar refractivity (Wildman–Crippen MR) is 80.7 cm³/mol. The SMILES string of the molecule is CCC(NC(=O)c1cc(N)cc(Cl)c1)c1cccs1. The molecule has 0 spiro atoms. The van der Waals surface area contributed by atoms with Gasteiger partial charge in [0.05, 0.1) is 6.04 Å². The fraction of sp³-hybridized carbons (Fsp3) is 0.214. The Morgan fingerprint density at radius 1 is 1.47 bits per heavy atom. The Morgan fingerprint density at radius 2 is 2.26 bits per heavy atom. The van der Waals surface area contributed by atoms with Crippen molar-refractivity contribution < 1.29 is 4.79 Å². The minimum absolute atomic E-state index is 0.0210. The number of carbonyl (C=O) groups excluding carboxylic acids is 1. The Bertz CT molecular complexity index is 549. The number of hydrogen-bond acceptors (Lipinski definition) is 3.